The third-order valence-corrected chi connectivity index (χ3v) is 3.03. The van der Waals surface area contributed by atoms with Crippen LogP contribution in [-0.4, -0.2) is 34.6 Å². The predicted molar refractivity (Wildman–Crippen MR) is 62.7 cm³/mol. The van der Waals surface area contributed by atoms with E-state index in [2.05, 4.69) is 5.32 Å². The van der Waals surface area contributed by atoms with E-state index < -0.39 is 35.5 Å². The molecule has 2 amide bonds. The summed E-state index contributed by atoms with van der Waals surface area (Å²) in [6.07, 6.45) is 0.839. The van der Waals surface area contributed by atoms with Crippen molar-refractivity contribution < 1.29 is 27.9 Å². The lowest BCUT2D eigenvalue weighted by molar-refractivity contribution is -0.141. The van der Waals surface area contributed by atoms with Gasteiger partial charge in [0.05, 0.1) is 0 Å². The number of likely N-dealkylation sites (tertiary alicyclic amines) is 1. The second-order valence-electron chi connectivity index (χ2n) is 4.37. The summed E-state index contributed by atoms with van der Waals surface area (Å²) in [6, 6.07) is -0.505. The number of anilines is 1. The van der Waals surface area contributed by atoms with Crippen LogP contribution in [0.3, 0.4) is 0 Å². The fourth-order valence-electron chi connectivity index (χ4n) is 2.09. The number of carboxylic acids is 1. The van der Waals surface area contributed by atoms with Crippen molar-refractivity contribution in [2.75, 3.05) is 11.9 Å². The van der Waals surface area contributed by atoms with Gasteiger partial charge in [0.2, 0.25) is 0 Å². The fraction of sp³-hybridized carbons (Fsp3) is 0.333. The van der Waals surface area contributed by atoms with Gasteiger partial charge in [0.1, 0.15) is 6.04 Å². The third-order valence-electron chi connectivity index (χ3n) is 3.03. The number of aliphatic carboxylic acids is 1. The van der Waals surface area contributed by atoms with Gasteiger partial charge in [-0.3, -0.25) is 0 Å². The maximum atomic E-state index is 13.0. The molecule has 8 heteroatoms. The predicted octanol–water partition coefficient (Wildman–Crippen LogP) is 2.18. The molecule has 2 rings (SSSR count). The Balaban J connectivity index is 2.14. The Hall–Kier alpha value is -2.25. The molecule has 2 N–H and O–H groups in total. The van der Waals surface area contributed by atoms with Crippen molar-refractivity contribution in [2.45, 2.75) is 18.9 Å². The summed E-state index contributed by atoms with van der Waals surface area (Å²) in [5.74, 6) is -5.64. The van der Waals surface area contributed by atoms with E-state index in [0.717, 1.165) is 4.90 Å². The average Bonchev–Trinajstić information content (AvgIpc) is 2.85. The molecule has 0 unspecified atom stereocenters. The highest BCUT2D eigenvalue weighted by molar-refractivity contribution is 5.92. The van der Waals surface area contributed by atoms with Crippen molar-refractivity contribution in [2.24, 2.45) is 0 Å². The molecule has 0 bridgehead atoms. The minimum absolute atomic E-state index is 0.231. The second-order valence-corrected chi connectivity index (χ2v) is 4.37. The Morgan fingerprint density at radius 1 is 1.25 bits per heavy atom. The molecule has 1 aliphatic rings. The van der Waals surface area contributed by atoms with Crippen molar-refractivity contribution in [1.29, 1.82) is 0 Å². The smallest absolute Gasteiger partial charge is 0.326 e. The summed E-state index contributed by atoms with van der Waals surface area (Å²) in [4.78, 5) is 23.8. The molecule has 0 saturated carbocycles. The first-order valence-electron chi connectivity index (χ1n) is 5.85. The molecule has 1 heterocycles. The quantitative estimate of drug-likeness (QED) is 0.819. The van der Waals surface area contributed by atoms with Crippen LogP contribution in [0, 0.1) is 17.5 Å². The van der Waals surface area contributed by atoms with E-state index in [1.165, 1.54) is 0 Å². The molecule has 1 saturated heterocycles. The summed E-state index contributed by atoms with van der Waals surface area (Å²) in [7, 11) is 0. The molecule has 20 heavy (non-hydrogen) atoms. The first-order valence-corrected chi connectivity index (χ1v) is 5.85. The molecule has 0 radical (unpaired) electrons. The summed E-state index contributed by atoms with van der Waals surface area (Å²) in [6.45, 7) is 0.231. The minimum atomic E-state index is -1.63. The topological polar surface area (TPSA) is 69.6 Å². The normalized spacial score (nSPS) is 18.1. The number of amides is 2. The highest BCUT2D eigenvalue weighted by Crippen LogP contribution is 2.21. The number of carbonyl (C=O) groups excluding carboxylic acids is 1. The van der Waals surface area contributed by atoms with Crippen LogP contribution >= 0.6 is 0 Å². The Morgan fingerprint density at radius 3 is 2.40 bits per heavy atom. The number of halogens is 3. The monoisotopic (exact) mass is 288 g/mol. The molecule has 0 spiro atoms. The van der Waals surface area contributed by atoms with E-state index in [-0.39, 0.29) is 12.2 Å². The molecule has 1 atom stereocenters. The molecule has 5 nitrogen and oxygen atoms in total. The SMILES string of the molecule is O=C(O)[C@H]1CCCN1C(=O)Nc1cc(F)c(F)c(F)c1. The maximum absolute atomic E-state index is 13.0. The molecule has 1 aromatic rings. The Kier molecular flexibility index (Phi) is 3.82. The molecule has 1 aliphatic heterocycles. The van der Waals surface area contributed by atoms with Gasteiger partial charge in [-0.2, -0.15) is 0 Å². The zero-order chi connectivity index (χ0) is 14.9. The van der Waals surface area contributed by atoms with Gasteiger partial charge in [0.15, 0.2) is 17.5 Å². The van der Waals surface area contributed by atoms with E-state index >= 15 is 0 Å². The van der Waals surface area contributed by atoms with Crippen molar-refractivity contribution in [3.63, 3.8) is 0 Å². The number of hydrogen-bond donors (Lipinski definition) is 2. The molecule has 1 fully saturated rings. The van der Waals surface area contributed by atoms with Gasteiger partial charge in [0, 0.05) is 24.4 Å². The van der Waals surface area contributed by atoms with Crippen LogP contribution in [0.4, 0.5) is 23.7 Å². The number of benzene rings is 1. The van der Waals surface area contributed by atoms with E-state index in [1.54, 1.807) is 0 Å². The van der Waals surface area contributed by atoms with Gasteiger partial charge in [0.25, 0.3) is 0 Å². The first-order chi connectivity index (χ1) is 9.40. The first kappa shape index (κ1) is 14.2. The summed E-state index contributed by atoms with van der Waals surface area (Å²) >= 11 is 0. The summed E-state index contributed by atoms with van der Waals surface area (Å²) < 4.78 is 38.8. The summed E-state index contributed by atoms with van der Waals surface area (Å²) in [5, 5.41) is 11.1. The molecular weight excluding hydrogens is 277 g/mol. The molecule has 0 aromatic heterocycles. The third kappa shape index (κ3) is 2.68. The number of nitrogens with one attached hydrogen (secondary N) is 1. The average molecular weight is 288 g/mol. The lowest BCUT2D eigenvalue weighted by Gasteiger charge is -2.21. The highest BCUT2D eigenvalue weighted by atomic mass is 19.2. The fourth-order valence-corrected chi connectivity index (χ4v) is 2.09. The number of hydrogen-bond acceptors (Lipinski definition) is 2. The van der Waals surface area contributed by atoms with Crippen LogP contribution in [0.2, 0.25) is 0 Å². The van der Waals surface area contributed by atoms with Crippen LogP contribution < -0.4 is 5.32 Å². The Bertz CT molecular complexity index is 542. The minimum Gasteiger partial charge on any atom is -0.480 e. The second kappa shape index (κ2) is 5.40. The van der Waals surface area contributed by atoms with E-state index in [1.807, 2.05) is 0 Å². The summed E-state index contributed by atoms with van der Waals surface area (Å²) in [5.41, 5.74) is -0.276. The molecular formula is C12H11F3N2O3. The van der Waals surface area contributed by atoms with Crippen LogP contribution in [0.25, 0.3) is 0 Å². The molecule has 1 aromatic carbocycles. The van der Waals surface area contributed by atoms with Gasteiger partial charge in [-0.15, -0.1) is 0 Å². The van der Waals surface area contributed by atoms with E-state index in [4.69, 9.17) is 5.11 Å². The van der Waals surface area contributed by atoms with Gasteiger partial charge < -0.3 is 15.3 Å². The Morgan fingerprint density at radius 2 is 1.85 bits per heavy atom. The van der Waals surface area contributed by atoms with Gasteiger partial charge in [-0.1, -0.05) is 0 Å². The van der Waals surface area contributed by atoms with Crippen molar-refractivity contribution in [1.82, 2.24) is 4.90 Å². The van der Waals surface area contributed by atoms with Crippen LogP contribution in [-0.2, 0) is 4.79 Å². The number of nitrogens with zero attached hydrogens (tertiary/aromatic N) is 1. The van der Waals surface area contributed by atoms with Crippen LogP contribution in [0.5, 0.6) is 0 Å². The lowest BCUT2D eigenvalue weighted by Crippen LogP contribution is -2.42. The van der Waals surface area contributed by atoms with Crippen molar-refractivity contribution >= 4 is 17.7 Å². The van der Waals surface area contributed by atoms with Gasteiger partial charge in [-0.25, -0.2) is 22.8 Å². The molecule has 0 aliphatic carbocycles. The Labute approximate surface area is 112 Å². The van der Waals surface area contributed by atoms with Crippen LogP contribution in [0.15, 0.2) is 12.1 Å². The van der Waals surface area contributed by atoms with Gasteiger partial charge >= 0.3 is 12.0 Å². The zero-order valence-electron chi connectivity index (χ0n) is 10.2. The number of carboxylic acid groups (broad SMARTS) is 1. The van der Waals surface area contributed by atoms with E-state index in [0.29, 0.717) is 25.0 Å². The standard InChI is InChI=1S/C12H11F3N2O3/c13-7-4-6(5-8(14)10(7)15)16-12(20)17-3-1-2-9(17)11(18)19/h4-5,9H,1-3H2,(H,16,20)(H,18,19)/t9-/m1/s1. The number of carbonyl (C=O) groups is 2. The highest BCUT2D eigenvalue weighted by Gasteiger charge is 2.34. The van der Waals surface area contributed by atoms with Crippen molar-refractivity contribution in [3.05, 3.63) is 29.6 Å². The lowest BCUT2D eigenvalue weighted by atomic mass is 10.2. The maximum Gasteiger partial charge on any atom is 0.326 e. The number of rotatable bonds is 2. The zero-order valence-corrected chi connectivity index (χ0v) is 10.2. The van der Waals surface area contributed by atoms with E-state index in [9.17, 15) is 22.8 Å². The van der Waals surface area contributed by atoms with Crippen molar-refractivity contribution in [3.8, 4) is 0 Å². The van der Waals surface area contributed by atoms with Crippen LogP contribution in [0.1, 0.15) is 12.8 Å². The number of urea groups is 1. The molecule has 108 valence electrons. The van der Waals surface area contributed by atoms with Gasteiger partial charge in [-0.05, 0) is 12.8 Å². The largest absolute Gasteiger partial charge is 0.480 e.